The van der Waals surface area contributed by atoms with Crippen molar-refractivity contribution in [3.63, 3.8) is 0 Å². The van der Waals surface area contributed by atoms with Gasteiger partial charge in [0, 0.05) is 42.8 Å². The van der Waals surface area contributed by atoms with Gasteiger partial charge in [0.1, 0.15) is 6.10 Å². The van der Waals surface area contributed by atoms with Crippen LogP contribution >= 0.6 is 11.6 Å². The minimum Gasteiger partial charge on any atom is -0.493 e. The van der Waals surface area contributed by atoms with Crippen LogP contribution in [0.5, 0.6) is 11.5 Å². The molecule has 6 heteroatoms. The molecule has 0 aromatic heterocycles. The molecule has 1 N–H and O–H groups in total. The summed E-state index contributed by atoms with van der Waals surface area (Å²) in [5.41, 5.74) is 0.959. The Kier molecular flexibility index (Phi) is 4.54. The molecule has 2 heterocycles. The van der Waals surface area contributed by atoms with E-state index in [0.717, 1.165) is 37.5 Å². The molecule has 1 aromatic carbocycles. The van der Waals surface area contributed by atoms with E-state index in [9.17, 15) is 0 Å². The van der Waals surface area contributed by atoms with Gasteiger partial charge in [-0.15, -0.1) is 0 Å². The molecule has 0 bridgehead atoms. The van der Waals surface area contributed by atoms with Crippen LogP contribution in [0.4, 0.5) is 0 Å². The summed E-state index contributed by atoms with van der Waals surface area (Å²) in [4.78, 5) is 2.21. The molecule has 0 amide bonds. The van der Waals surface area contributed by atoms with Gasteiger partial charge >= 0.3 is 0 Å². The molecule has 1 unspecified atom stereocenters. The predicted octanol–water partition coefficient (Wildman–Crippen LogP) is 1.70. The van der Waals surface area contributed by atoms with Crippen LogP contribution in [-0.4, -0.2) is 57.9 Å². The predicted molar refractivity (Wildman–Crippen MR) is 81.5 cm³/mol. The van der Waals surface area contributed by atoms with Gasteiger partial charge in [-0.3, -0.25) is 4.90 Å². The highest BCUT2D eigenvalue weighted by Crippen LogP contribution is 2.40. The Bertz CT molecular complexity index is 500. The van der Waals surface area contributed by atoms with E-state index >= 15 is 0 Å². The van der Waals surface area contributed by atoms with Gasteiger partial charge in [0.05, 0.1) is 19.8 Å². The molecular weight excluding hydrogens is 292 g/mol. The Labute approximate surface area is 130 Å². The van der Waals surface area contributed by atoms with Crippen molar-refractivity contribution in [3.8, 4) is 11.5 Å². The highest BCUT2D eigenvalue weighted by Gasteiger charge is 2.30. The maximum atomic E-state index is 6.21. The number of rotatable bonds is 4. The molecule has 1 aromatic rings. The molecule has 2 aliphatic rings. The second-order valence-corrected chi connectivity index (χ2v) is 5.99. The number of ether oxygens (including phenoxy) is 3. The molecule has 3 rings (SSSR count). The Morgan fingerprint density at radius 1 is 1.38 bits per heavy atom. The topological polar surface area (TPSA) is 43.0 Å². The fourth-order valence-corrected chi connectivity index (χ4v) is 2.97. The average Bonchev–Trinajstić information content (AvgIpc) is 2.47. The van der Waals surface area contributed by atoms with Crippen LogP contribution in [0.1, 0.15) is 11.7 Å². The number of halogens is 1. The van der Waals surface area contributed by atoms with Crippen molar-refractivity contribution < 1.29 is 14.2 Å². The van der Waals surface area contributed by atoms with Crippen LogP contribution in [0.15, 0.2) is 12.1 Å². The number of nitrogens with one attached hydrogen (secondary N) is 1. The number of hydrogen-bond acceptors (Lipinski definition) is 5. The number of morpholine rings is 1. The number of benzene rings is 1. The van der Waals surface area contributed by atoms with E-state index in [0.29, 0.717) is 17.4 Å². The standard InChI is InChI=1S/C15H21ClN2O3/c1-18-8-11(9-18)21-15-12(14-7-17-3-4-20-14)5-10(16)6-13(15)19-2/h5-6,11,14,17H,3-4,7-9H2,1-2H3. The molecule has 5 nitrogen and oxygen atoms in total. The second-order valence-electron chi connectivity index (χ2n) is 5.55. The van der Waals surface area contributed by atoms with Crippen LogP contribution in [0.2, 0.25) is 5.02 Å². The molecule has 0 spiro atoms. The van der Waals surface area contributed by atoms with Crippen molar-refractivity contribution in [1.29, 1.82) is 0 Å². The highest BCUT2D eigenvalue weighted by atomic mass is 35.5. The lowest BCUT2D eigenvalue weighted by Gasteiger charge is -2.37. The summed E-state index contributed by atoms with van der Waals surface area (Å²) < 4.78 is 17.5. The molecule has 2 aliphatic heterocycles. The summed E-state index contributed by atoms with van der Waals surface area (Å²) >= 11 is 6.21. The van der Waals surface area contributed by atoms with Crippen LogP contribution in [0.3, 0.4) is 0 Å². The molecule has 2 fully saturated rings. The van der Waals surface area contributed by atoms with Gasteiger partial charge in [-0.2, -0.15) is 0 Å². The first-order chi connectivity index (χ1) is 10.2. The van der Waals surface area contributed by atoms with Crippen LogP contribution in [0.25, 0.3) is 0 Å². The molecule has 116 valence electrons. The quantitative estimate of drug-likeness (QED) is 0.917. The van der Waals surface area contributed by atoms with Gasteiger partial charge in [0.2, 0.25) is 0 Å². The Morgan fingerprint density at radius 3 is 2.81 bits per heavy atom. The fraction of sp³-hybridized carbons (Fsp3) is 0.600. The summed E-state index contributed by atoms with van der Waals surface area (Å²) in [6.45, 7) is 4.16. The number of likely N-dealkylation sites (N-methyl/N-ethyl adjacent to an activating group) is 1. The summed E-state index contributed by atoms with van der Waals surface area (Å²) in [6, 6.07) is 3.71. The molecule has 0 radical (unpaired) electrons. The van der Waals surface area contributed by atoms with Crippen molar-refractivity contribution in [2.45, 2.75) is 12.2 Å². The van der Waals surface area contributed by atoms with Crippen LogP contribution in [0, 0.1) is 0 Å². The van der Waals surface area contributed by atoms with E-state index in [1.165, 1.54) is 0 Å². The van der Waals surface area contributed by atoms with Crippen LogP contribution in [-0.2, 0) is 4.74 Å². The van der Waals surface area contributed by atoms with Crippen molar-refractivity contribution in [3.05, 3.63) is 22.7 Å². The van der Waals surface area contributed by atoms with Gasteiger partial charge < -0.3 is 19.5 Å². The smallest absolute Gasteiger partial charge is 0.167 e. The second kappa shape index (κ2) is 6.40. The minimum absolute atomic E-state index is 0.0563. The summed E-state index contributed by atoms with van der Waals surface area (Å²) in [5.74, 6) is 1.43. The molecule has 0 saturated carbocycles. The van der Waals surface area contributed by atoms with E-state index in [-0.39, 0.29) is 12.2 Å². The maximum Gasteiger partial charge on any atom is 0.167 e. The number of nitrogens with zero attached hydrogens (tertiary/aromatic N) is 1. The zero-order valence-corrected chi connectivity index (χ0v) is 13.2. The third-order valence-corrected chi connectivity index (χ3v) is 4.08. The molecule has 2 saturated heterocycles. The normalized spacial score (nSPS) is 23.7. The lowest BCUT2D eigenvalue weighted by atomic mass is 10.1. The summed E-state index contributed by atoms with van der Waals surface area (Å²) in [5, 5.41) is 3.97. The van der Waals surface area contributed by atoms with Crippen molar-refractivity contribution in [2.75, 3.05) is 46.9 Å². The summed E-state index contributed by atoms with van der Waals surface area (Å²) in [6.07, 6.45) is 0.138. The van der Waals surface area contributed by atoms with E-state index in [1.54, 1.807) is 13.2 Å². The molecular formula is C15H21ClN2O3. The first-order valence-corrected chi connectivity index (χ1v) is 7.60. The Morgan fingerprint density at radius 2 is 2.19 bits per heavy atom. The van der Waals surface area contributed by atoms with Gasteiger partial charge in [0.25, 0.3) is 0 Å². The van der Waals surface area contributed by atoms with Crippen molar-refractivity contribution >= 4 is 11.6 Å². The minimum atomic E-state index is -0.0563. The third kappa shape index (κ3) is 3.26. The van der Waals surface area contributed by atoms with Gasteiger partial charge in [-0.1, -0.05) is 11.6 Å². The van der Waals surface area contributed by atoms with Crippen molar-refractivity contribution in [2.24, 2.45) is 0 Å². The first kappa shape index (κ1) is 14.9. The number of methoxy groups -OCH3 is 1. The van der Waals surface area contributed by atoms with E-state index in [2.05, 4.69) is 17.3 Å². The molecule has 1 atom stereocenters. The number of likely N-dealkylation sites (tertiary alicyclic amines) is 1. The lowest BCUT2D eigenvalue weighted by Crippen LogP contribution is -2.51. The highest BCUT2D eigenvalue weighted by molar-refractivity contribution is 6.30. The third-order valence-electron chi connectivity index (χ3n) is 3.86. The first-order valence-electron chi connectivity index (χ1n) is 7.22. The zero-order valence-electron chi connectivity index (χ0n) is 12.4. The number of hydrogen-bond donors (Lipinski definition) is 1. The maximum absolute atomic E-state index is 6.21. The SMILES string of the molecule is COc1cc(Cl)cc(C2CNCCO2)c1OC1CN(C)C1. The summed E-state index contributed by atoms with van der Waals surface area (Å²) in [7, 11) is 3.71. The van der Waals surface area contributed by atoms with Gasteiger partial charge in [0.15, 0.2) is 11.5 Å². The largest absolute Gasteiger partial charge is 0.493 e. The van der Waals surface area contributed by atoms with Gasteiger partial charge in [-0.25, -0.2) is 0 Å². The van der Waals surface area contributed by atoms with E-state index < -0.39 is 0 Å². The lowest BCUT2D eigenvalue weighted by molar-refractivity contribution is 0.0144. The van der Waals surface area contributed by atoms with E-state index in [4.69, 9.17) is 25.8 Å². The Balaban J connectivity index is 1.89. The fourth-order valence-electron chi connectivity index (χ4n) is 2.75. The Hall–Kier alpha value is -1.01. The average molecular weight is 313 g/mol. The van der Waals surface area contributed by atoms with E-state index in [1.807, 2.05) is 6.07 Å². The molecule has 21 heavy (non-hydrogen) atoms. The molecule has 0 aliphatic carbocycles. The monoisotopic (exact) mass is 312 g/mol. The van der Waals surface area contributed by atoms with Crippen molar-refractivity contribution in [1.82, 2.24) is 10.2 Å². The van der Waals surface area contributed by atoms with Gasteiger partial charge in [-0.05, 0) is 13.1 Å². The zero-order chi connectivity index (χ0) is 14.8. The van der Waals surface area contributed by atoms with Crippen LogP contribution < -0.4 is 14.8 Å².